The molecule has 0 heterocycles. The third-order valence-corrected chi connectivity index (χ3v) is 2.19. The molecule has 6 heteroatoms. The summed E-state index contributed by atoms with van der Waals surface area (Å²) in [6.45, 7) is 0.223. The lowest BCUT2D eigenvalue weighted by Crippen LogP contribution is -2.12. The molecule has 1 atom stereocenters. The number of benzene rings is 1. The maximum absolute atomic E-state index is 10.4. The molecule has 1 aromatic rings. The number of aliphatic hydroxyl groups is 1. The van der Waals surface area contributed by atoms with E-state index in [1.165, 1.54) is 12.1 Å². The fraction of sp³-hybridized carbons (Fsp3) is 0.300. The van der Waals surface area contributed by atoms with Gasteiger partial charge in [0.15, 0.2) is 0 Å². The number of nitrogens with zero attached hydrogens (tertiary/aromatic N) is 2. The molecule has 0 aliphatic carbocycles. The summed E-state index contributed by atoms with van der Waals surface area (Å²) in [5.74, 6) is 0.137. The topological polar surface area (TPSA) is 75.7 Å². The van der Waals surface area contributed by atoms with E-state index in [0.717, 1.165) is 5.56 Å². The molecule has 0 aliphatic rings. The van der Waals surface area contributed by atoms with Crippen LogP contribution in [0.15, 0.2) is 29.3 Å². The van der Waals surface area contributed by atoms with Gasteiger partial charge < -0.3 is 5.11 Å². The second-order valence-corrected chi connectivity index (χ2v) is 3.46. The van der Waals surface area contributed by atoms with E-state index in [-0.39, 0.29) is 18.1 Å². The van der Waals surface area contributed by atoms with E-state index in [9.17, 15) is 10.1 Å². The number of non-ortho nitro benzene ring substituents is 1. The van der Waals surface area contributed by atoms with E-state index in [1.807, 2.05) is 0 Å². The van der Waals surface area contributed by atoms with Gasteiger partial charge in [-0.25, -0.2) is 0 Å². The van der Waals surface area contributed by atoms with E-state index in [4.69, 9.17) is 16.7 Å². The fourth-order valence-electron chi connectivity index (χ4n) is 1.01. The van der Waals surface area contributed by atoms with Crippen molar-refractivity contribution in [3.63, 3.8) is 0 Å². The summed E-state index contributed by atoms with van der Waals surface area (Å²) in [6, 6.07) is 5.99. The number of hydrogen-bond acceptors (Lipinski definition) is 4. The van der Waals surface area contributed by atoms with Crippen LogP contribution < -0.4 is 0 Å². The van der Waals surface area contributed by atoms with Crippen LogP contribution in [0.5, 0.6) is 0 Å². The Morgan fingerprint density at radius 1 is 1.50 bits per heavy atom. The van der Waals surface area contributed by atoms with Crippen LogP contribution in [0.3, 0.4) is 0 Å². The number of alkyl halides is 1. The first-order valence-corrected chi connectivity index (χ1v) is 5.15. The van der Waals surface area contributed by atoms with E-state index in [2.05, 4.69) is 4.99 Å². The summed E-state index contributed by atoms with van der Waals surface area (Å²) < 4.78 is 0. The molecule has 0 radical (unpaired) electrons. The zero-order valence-corrected chi connectivity index (χ0v) is 9.17. The number of nitro groups is 1. The highest BCUT2D eigenvalue weighted by atomic mass is 35.5. The number of halogens is 1. The smallest absolute Gasteiger partial charge is 0.269 e. The maximum Gasteiger partial charge on any atom is 0.269 e. The van der Waals surface area contributed by atoms with Crippen molar-refractivity contribution >= 4 is 23.5 Å². The van der Waals surface area contributed by atoms with Crippen LogP contribution in [0.2, 0.25) is 0 Å². The van der Waals surface area contributed by atoms with Gasteiger partial charge in [0.25, 0.3) is 5.69 Å². The largest absolute Gasteiger partial charge is 0.390 e. The maximum atomic E-state index is 10.4. The van der Waals surface area contributed by atoms with Crippen LogP contribution >= 0.6 is 11.6 Å². The monoisotopic (exact) mass is 242 g/mol. The highest BCUT2D eigenvalue weighted by molar-refractivity contribution is 6.18. The first kappa shape index (κ1) is 12.6. The van der Waals surface area contributed by atoms with E-state index in [0.29, 0.717) is 0 Å². The molecule has 5 nitrogen and oxygen atoms in total. The highest BCUT2D eigenvalue weighted by Gasteiger charge is 2.02. The lowest BCUT2D eigenvalue weighted by atomic mass is 10.2. The molecule has 0 saturated carbocycles. The van der Waals surface area contributed by atoms with Crippen molar-refractivity contribution in [1.82, 2.24) is 0 Å². The molecule has 1 unspecified atom stereocenters. The Kier molecular flexibility index (Phi) is 4.88. The Balaban J connectivity index is 2.58. The number of rotatable bonds is 5. The van der Waals surface area contributed by atoms with Crippen molar-refractivity contribution in [2.75, 3.05) is 12.4 Å². The van der Waals surface area contributed by atoms with Gasteiger partial charge in [0.05, 0.1) is 23.5 Å². The minimum absolute atomic E-state index is 0.0398. The lowest BCUT2D eigenvalue weighted by Gasteiger charge is -2.00. The number of nitro benzene ring substituents is 1. The van der Waals surface area contributed by atoms with Crippen LogP contribution in [0.25, 0.3) is 0 Å². The minimum Gasteiger partial charge on any atom is -0.390 e. The van der Waals surface area contributed by atoms with E-state index in [1.54, 1.807) is 18.3 Å². The van der Waals surface area contributed by atoms with Crippen molar-refractivity contribution in [1.29, 1.82) is 0 Å². The zero-order valence-electron chi connectivity index (χ0n) is 8.41. The molecule has 1 rings (SSSR count). The van der Waals surface area contributed by atoms with Gasteiger partial charge in [0.1, 0.15) is 0 Å². The van der Waals surface area contributed by atoms with Crippen LogP contribution in [-0.4, -0.2) is 34.8 Å². The summed E-state index contributed by atoms with van der Waals surface area (Å²) >= 11 is 5.39. The first-order valence-electron chi connectivity index (χ1n) is 4.62. The molecule has 1 aromatic carbocycles. The predicted octanol–water partition coefficient (Wildman–Crippen LogP) is 1.61. The van der Waals surface area contributed by atoms with Crippen LogP contribution in [0.4, 0.5) is 5.69 Å². The minimum atomic E-state index is -0.657. The fourth-order valence-corrected chi connectivity index (χ4v) is 1.11. The van der Waals surface area contributed by atoms with E-state index < -0.39 is 11.0 Å². The SMILES string of the molecule is O=[N+]([O-])c1ccc(C=NCC(O)CCl)cc1. The van der Waals surface area contributed by atoms with Crippen molar-refractivity contribution in [3.8, 4) is 0 Å². The molecule has 0 aliphatic heterocycles. The van der Waals surface area contributed by atoms with Gasteiger partial charge in [-0.1, -0.05) is 0 Å². The summed E-state index contributed by atoms with van der Waals surface area (Å²) in [5.41, 5.74) is 0.783. The Hall–Kier alpha value is -1.46. The zero-order chi connectivity index (χ0) is 12.0. The average molecular weight is 243 g/mol. The molecule has 0 amide bonds. The van der Waals surface area contributed by atoms with Crippen molar-refractivity contribution in [2.45, 2.75) is 6.10 Å². The quantitative estimate of drug-likeness (QED) is 0.369. The highest BCUT2D eigenvalue weighted by Crippen LogP contribution is 2.10. The third-order valence-electron chi connectivity index (χ3n) is 1.84. The van der Waals surface area contributed by atoms with Gasteiger partial charge in [-0.05, 0) is 17.7 Å². The molecule has 86 valence electrons. The predicted molar refractivity (Wildman–Crippen MR) is 62.3 cm³/mol. The van der Waals surface area contributed by atoms with Crippen LogP contribution in [0, 0.1) is 10.1 Å². The van der Waals surface area contributed by atoms with Crippen LogP contribution in [-0.2, 0) is 0 Å². The molecule has 0 aromatic heterocycles. The van der Waals surface area contributed by atoms with Gasteiger partial charge in [0, 0.05) is 18.3 Å². The standard InChI is InChI=1S/C10H11ClN2O3/c11-5-10(14)7-12-6-8-1-3-9(4-2-8)13(15)16/h1-4,6,10,14H,5,7H2. The molecule has 0 bridgehead atoms. The second kappa shape index (κ2) is 6.19. The van der Waals surface area contributed by atoms with Crippen molar-refractivity contribution in [2.24, 2.45) is 4.99 Å². The van der Waals surface area contributed by atoms with Crippen LogP contribution in [0.1, 0.15) is 5.56 Å². The second-order valence-electron chi connectivity index (χ2n) is 3.15. The van der Waals surface area contributed by atoms with Gasteiger partial charge in [-0.3, -0.25) is 15.1 Å². The molecular weight excluding hydrogens is 232 g/mol. The molecule has 16 heavy (non-hydrogen) atoms. The first-order chi connectivity index (χ1) is 7.63. The Bertz CT molecular complexity index is 378. The Labute approximate surface area is 97.5 Å². The van der Waals surface area contributed by atoms with Gasteiger partial charge >= 0.3 is 0 Å². The Morgan fingerprint density at radius 3 is 2.62 bits per heavy atom. The third kappa shape index (κ3) is 3.96. The summed E-state index contributed by atoms with van der Waals surface area (Å²) in [6.07, 6.45) is 0.885. The summed E-state index contributed by atoms with van der Waals surface area (Å²) in [5, 5.41) is 19.5. The summed E-state index contributed by atoms with van der Waals surface area (Å²) in [4.78, 5) is 13.9. The van der Waals surface area contributed by atoms with E-state index >= 15 is 0 Å². The van der Waals surface area contributed by atoms with Crippen molar-refractivity contribution in [3.05, 3.63) is 39.9 Å². The lowest BCUT2D eigenvalue weighted by molar-refractivity contribution is -0.384. The number of aliphatic hydroxyl groups excluding tert-OH is 1. The Morgan fingerprint density at radius 2 is 2.12 bits per heavy atom. The normalized spacial score (nSPS) is 12.9. The molecule has 1 N–H and O–H groups in total. The van der Waals surface area contributed by atoms with Crippen molar-refractivity contribution < 1.29 is 10.0 Å². The van der Waals surface area contributed by atoms with Gasteiger partial charge in [0.2, 0.25) is 0 Å². The molecule has 0 saturated heterocycles. The number of aliphatic imine (C=N–C) groups is 1. The summed E-state index contributed by atoms with van der Waals surface area (Å²) in [7, 11) is 0. The van der Waals surface area contributed by atoms with Gasteiger partial charge in [-0.15, -0.1) is 11.6 Å². The molecule has 0 fully saturated rings. The number of hydrogen-bond donors (Lipinski definition) is 1. The van der Waals surface area contributed by atoms with Gasteiger partial charge in [-0.2, -0.15) is 0 Å². The molecule has 0 spiro atoms. The molecular formula is C10H11ClN2O3. The average Bonchev–Trinajstić information content (AvgIpc) is 2.29.